The third kappa shape index (κ3) is 3.20. The maximum atomic E-state index is 5.49. The van der Waals surface area contributed by atoms with Crippen LogP contribution in [0, 0.1) is 0 Å². The van der Waals surface area contributed by atoms with Gasteiger partial charge >= 0.3 is 0 Å². The summed E-state index contributed by atoms with van der Waals surface area (Å²) >= 11 is 0. The number of nitrogens with zero attached hydrogens (tertiary/aromatic N) is 1. The van der Waals surface area contributed by atoms with Gasteiger partial charge < -0.3 is 10.1 Å². The Morgan fingerprint density at radius 3 is 2.26 bits per heavy atom. The minimum atomic E-state index is 0.231. The Bertz CT molecular complexity index is 786. The van der Waals surface area contributed by atoms with E-state index in [1.807, 2.05) is 24.5 Å². The van der Waals surface area contributed by atoms with Crippen molar-refractivity contribution < 1.29 is 4.74 Å². The Balaban J connectivity index is 1.91. The molecule has 0 unspecified atom stereocenters. The molecule has 2 atom stereocenters. The van der Waals surface area contributed by atoms with E-state index in [4.69, 9.17) is 4.74 Å². The summed E-state index contributed by atoms with van der Waals surface area (Å²) in [5.41, 5.74) is 2.52. The van der Waals surface area contributed by atoms with Crippen molar-refractivity contribution in [3.05, 3.63) is 72.1 Å². The van der Waals surface area contributed by atoms with Gasteiger partial charge in [0.25, 0.3) is 0 Å². The first-order valence-electron chi connectivity index (χ1n) is 7.92. The molecule has 0 saturated heterocycles. The number of nitrogens with one attached hydrogen (secondary N) is 1. The predicted molar refractivity (Wildman–Crippen MR) is 94.7 cm³/mol. The molecular weight excluding hydrogens is 284 g/mol. The molecule has 0 spiro atoms. The molecule has 0 aliphatic heterocycles. The number of ether oxygens (including phenoxy) is 1. The third-order valence-electron chi connectivity index (χ3n) is 4.31. The van der Waals surface area contributed by atoms with Crippen molar-refractivity contribution in [1.82, 2.24) is 10.3 Å². The summed E-state index contributed by atoms with van der Waals surface area (Å²) in [6, 6.07) is 17.2. The molecule has 0 bridgehead atoms. The van der Waals surface area contributed by atoms with Crippen LogP contribution in [0.15, 0.2) is 60.9 Å². The van der Waals surface area contributed by atoms with E-state index >= 15 is 0 Å². The number of methoxy groups -OCH3 is 1. The zero-order valence-corrected chi connectivity index (χ0v) is 13.8. The van der Waals surface area contributed by atoms with Crippen LogP contribution < -0.4 is 10.1 Å². The summed E-state index contributed by atoms with van der Waals surface area (Å²) in [5, 5.41) is 6.05. The quantitative estimate of drug-likeness (QED) is 0.744. The van der Waals surface area contributed by atoms with Crippen LogP contribution in [-0.4, -0.2) is 12.1 Å². The lowest BCUT2D eigenvalue weighted by Gasteiger charge is -2.22. The fourth-order valence-corrected chi connectivity index (χ4v) is 3.06. The Kier molecular flexibility index (Phi) is 4.58. The molecule has 1 heterocycles. The fraction of sp³-hybridized carbons (Fsp3) is 0.250. The van der Waals surface area contributed by atoms with Crippen molar-refractivity contribution in [3.63, 3.8) is 0 Å². The SMILES string of the molecule is COc1ccc([C@@H](C)N[C@H](C)c2ccncc2)c2ccccc12. The first-order valence-corrected chi connectivity index (χ1v) is 7.92. The monoisotopic (exact) mass is 306 g/mol. The van der Waals surface area contributed by atoms with Crippen LogP contribution in [0.3, 0.4) is 0 Å². The minimum Gasteiger partial charge on any atom is -0.496 e. The van der Waals surface area contributed by atoms with Crippen molar-refractivity contribution in [2.45, 2.75) is 25.9 Å². The lowest BCUT2D eigenvalue weighted by Crippen LogP contribution is -2.22. The van der Waals surface area contributed by atoms with E-state index in [9.17, 15) is 0 Å². The van der Waals surface area contributed by atoms with Crippen molar-refractivity contribution in [1.29, 1.82) is 0 Å². The lowest BCUT2D eigenvalue weighted by atomic mass is 9.98. The molecule has 1 aromatic heterocycles. The highest BCUT2D eigenvalue weighted by atomic mass is 16.5. The highest BCUT2D eigenvalue weighted by Crippen LogP contribution is 2.32. The first kappa shape index (κ1) is 15.5. The van der Waals surface area contributed by atoms with E-state index in [1.165, 1.54) is 16.5 Å². The second-order valence-corrected chi connectivity index (χ2v) is 5.79. The molecule has 0 saturated carbocycles. The average molecular weight is 306 g/mol. The zero-order valence-electron chi connectivity index (χ0n) is 13.8. The number of rotatable bonds is 5. The molecule has 118 valence electrons. The highest BCUT2D eigenvalue weighted by molar-refractivity contribution is 5.91. The molecule has 3 nitrogen and oxygen atoms in total. The summed E-state index contributed by atoms with van der Waals surface area (Å²) < 4.78 is 5.49. The second kappa shape index (κ2) is 6.80. The number of hydrogen-bond donors (Lipinski definition) is 1. The topological polar surface area (TPSA) is 34.1 Å². The second-order valence-electron chi connectivity index (χ2n) is 5.79. The molecule has 3 aromatic rings. The Morgan fingerprint density at radius 2 is 1.57 bits per heavy atom. The van der Waals surface area contributed by atoms with Gasteiger partial charge in [0.2, 0.25) is 0 Å². The molecule has 1 N–H and O–H groups in total. The zero-order chi connectivity index (χ0) is 16.2. The van der Waals surface area contributed by atoms with Crippen LogP contribution in [0.25, 0.3) is 10.8 Å². The van der Waals surface area contributed by atoms with Crippen molar-refractivity contribution in [3.8, 4) is 5.75 Å². The van der Waals surface area contributed by atoms with E-state index in [0.717, 1.165) is 11.1 Å². The molecule has 0 amide bonds. The number of hydrogen-bond acceptors (Lipinski definition) is 3. The minimum absolute atomic E-state index is 0.231. The summed E-state index contributed by atoms with van der Waals surface area (Å²) in [5.74, 6) is 0.915. The van der Waals surface area contributed by atoms with E-state index in [2.05, 4.69) is 60.5 Å². The fourth-order valence-electron chi connectivity index (χ4n) is 3.06. The number of pyridine rings is 1. The first-order chi connectivity index (χ1) is 11.2. The van der Waals surface area contributed by atoms with Gasteiger partial charge in [-0.05, 0) is 48.6 Å². The lowest BCUT2D eigenvalue weighted by molar-refractivity contribution is 0.419. The Hall–Kier alpha value is -2.39. The van der Waals surface area contributed by atoms with Crippen LogP contribution in [0.5, 0.6) is 5.75 Å². The third-order valence-corrected chi connectivity index (χ3v) is 4.31. The molecular formula is C20H22N2O. The number of aromatic nitrogens is 1. The van der Waals surface area contributed by atoms with Gasteiger partial charge in [0, 0.05) is 29.9 Å². The molecule has 23 heavy (non-hydrogen) atoms. The standard InChI is InChI=1S/C20H22N2O/c1-14(16-10-12-21-13-11-16)22-15(2)17-8-9-20(23-3)19-7-5-4-6-18(17)19/h4-15,22H,1-3H3/t14-,15-/m1/s1. The Labute approximate surface area is 137 Å². The smallest absolute Gasteiger partial charge is 0.126 e. The number of benzene rings is 2. The van der Waals surface area contributed by atoms with Gasteiger partial charge in [-0.3, -0.25) is 4.98 Å². The summed E-state index contributed by atoms with van der Waals surface area (Å²) in [7, 11) is 1.72. The van der Waals surface area contributed by atoms with Crippen molar-refractivity contribution in [2.24, 2.45) is 0 Å². The molecule has 3 rings (SSSR count). The van der Waals surface area contributed by atoms with Crippen molar-refractivity contribution >= 4 is 10.8 Å². The summed E-state index contributed by atoms with van der Waals surface area (Å²) in [4.78, 5) is 4.08. The van der Waals surface area contributed by atoms with Gasteiger partial charge in [-0.15, -0.1) is 0 Å². The maximum absolute atomic E-state index is 5.49. The largest absolute Gasteiger partial charge is 0.496 e. The van der Waals surface area contributed by atoms with E-state index in [-0.39, 0.29) is 12.1 Å². The van der Waals surface area contributed by atoms with Crippen LogP contribution in [0.4, 0.5) is 0 Å². The van der Waals surface area contributed by atoms with Crippen LogP contribution >= 0.6 is 0 Å². The molecule has 0 radical (unpaired) electrons. The van der Waals surface area contributed by atoms with Gasteiger partial charge in [0.15, 0.2) is 0 Å². The van der Waals surface area contributed by atoms with E-state index in [1.54, 1.807) is 7.11 Å². The van der Waals surface area contributed by atoms with Gasteiger partial charge in [-0.1, -0.05) is 30.3 Å². The van der Waals surface area contributed by atoms with E-state index in [0.29, 0.717) is 0 Å². The van der Waals surface area contributed by atoms with Gasteiger partial charge in [0.1, 0.15) is 5.75 Å². The summed E-state index contributed by atoms with van der Waals surface area (Å²) in [6.07, 6.45) is 3.67. The molecule has 2 aromatic carbocycles. The van der Waals surface area contributed by atoms with Crippen molar-refractivity contribution in [2.75, 3.05) is 7.11 Å². The van der Waals surface area contributed by atoms with Gasteiger partial charge in [0.05, 0.1) is 7.11 Å². The normalized spacial score (nSPS) is 13.7. The maximum Gasteiger partial charge on any atom is 0.126 e. The molecule has 0 fully saturated rings. The summed E-state index contributed by atoms with van der Waals surface area (Å²) in [6.45, 7) is 4.38. The van der Waals surface area contributed by atoms with Crippen LogP contribution in [-0.2, 0) is 0 Å². The van der Waals surface area contributed by atoms with Crippen LogP contribution in [0.2, 0.25) is 0 Å². The number of fused-ring (bicyclic) bond motifs is 1. The van der Waals surface area contributed by atoms with E-state index < -0.39 is 0 Å². The van der Waals surface area contributed by atoms with Gasteiger partial charge in [-0.2, -0.15) is 0 Å². The molecule has 0 aliphatic carbocycles. The van der Waals surface area contributed by atoms with Gasteiger partial charge in [-0.25, -0.2) is 0 Å². The molecule has 3 heteroatoms. The Morgan fingerprint density at radius 1 is 0.870 bits per heavy atom. The predicted octanol–water partition coefficient (Wildman–Crippen LogP) is 4.66. The average Bonchev–Trinajstić information content (AvgIpc) is 2.61. The molecule has 0 aliphatic rings. The van der Waals surface area contributed by atoms with Crippen LogP contribution in [0.1, 0.15) is 37.1 Å². The highest BCUT2D eigenvalue weighted by Gasteiger charge is 2.14.